The van der Waals surface area contributed by atoms with Gasteiger partial charge in [-0.3, -0.25) is 4.90 Å². The van der Waals surface area contributed by atoms with E-state index in [0.717, 1.165) is 46.2 Å². The van der Waals surface area contributed by atoms with E-state index < -0.39 is 5.97 Å². The van der Waals surface area contributed by atoms with Crippen LogP contribution in [0.15, 0.2) is 46.5 Å². The predicted octanol–water partition coefficient (Wildman–Crippen LogP) is 5.49. The summed E-state index contributed by atoms with van der Waals surface area (Å²) in [4.78, 5) is 24.1. The molecule has 0 aliphatic carbocycles. The van der Waals surface area contributed by atoms with Crippen LogP contribution in [0.4, 0.5) is 0 Å². The number of rotatable bonds is 4. The van der Waals surface area contributed by atoms with Gasteiger partial charge < -0.3 is 5.11 Å². The highest BCUT2D eigenvalue weighted by molar-refractivity contribution is 7.14. The summed E-state index contributed by atoms with van der Waals surface area (Å²) in [6.07, 6.45) is 2.06. The first-order valence-electron chi connectivity index (χ1n) is 9.70. The minimum absolute atomic E-state index is 0.358. The maximum Gasteiger partial charge on any atom is 0.336 e. The Morgan fingerprint density at radius 2 is 2.07 bits per heavy atom. The summed E-state index contributed by atoms with van der Waals surface area (Å²) in [6.45, 7) is 4.23. The number of pyridine rings is 1. The average molecular weight is 434 g/mol. The molecule has 4 heterocycles. The standard InChI is InChI=1S/C23H19N3O2S2/c1-2-26-10-15(9-16-13-30-22(24-16)14-7-8-29-12-14)21-18(11-26)20(23(27)28)17-5-3-4-6-19(17)25-21/h3-9,12-13H,2,10-11H2,1H3,(H,27,28)/b15-9-. The molecular weight excluding hydrogens is 414 g/mol. The topological polar surface area (TPSA) is 66.3 Å². The highest BCUT2D eigenvalue weighted by Crippen LogP contribution is 2.34. The zero-order valence-corrected chi connectivity index (χ0v) is 18.0. The van der Waals surface area contributed by atoms with Gasteiger partial charge in [0, 0.05) is 40.4 Å². The molecule has 1 aliphatic heterocycles. The lowest BCUT2D eigenvalue weighted by Crippen LogP contribution is -2.31. The SMILES string of the molecule is CCN1C/C(=C/c2csc(-c3ccsc3)n2)c2nc3ccccc3c(C(=O)O)c2C1. The summed E-state index contributed by atoms with van der Waals surface area (Å²) in [5.41, 5.74) is 5.65. The predicted molar refractivity (Wildman–Crippen MR) is 123 cm³/mol. The molecule has 5 nitrogen and oxygen atoms in total. The number of benzene rings is 1. The molecule has 1 aromatic carbocycles. The van der Waals surface area contributed by atoms with Crippen LogP contribution in [0.25, 0.3) is 33.1 Å². The van der Waals surface area contributed by atoms with E-state index in [2.05, 4.69) is 29.3 Å². The van der Waals surface area contributed by atoms with Crippen LogP contribution in [0, 0.1) is 0 Å². The van der Waals surface area contributed by atoms with Crippen LogP contribution in [-0.4, -0.2) is 39.0 Å². The zero-order chi connectivity index (χ0) is 20.7. The lowest BCUT2D eigenvalue weighted by Gasteiger charge is -2.30. The van der Waals surface area contributed by atoms with E-state index in [4.69, 9.17) is 9.97 Å². The van der Waals surface area contributed by atoms with Gasteiger partial charge in [0.05, 0.1) is 22.5 Å². The molecule has 0 saturated heterocycles. The molecule has 0 spiro atoms. The second-order valence-electron chi connectivity index (χ2n) is 7.20. The summed E-state index contributed by atoms with van der Waals surface area (Å²) in [5.74, 6) is -0.907. The fourth-order valence-corrected chi connectivity index (χ4v) is 5.39. The first-order chi connectivity index (χ1) is 14.6. The number of carbonyl (C=O) groups is 1. The molecule has 150 valence electrons. The Morgan fingerprint density at radius 1 is 1.20 bits per heavy atom. The number of para-hydroxylation sites is 1. The normalized spacial score (nSPS) is 15.6. The number of thiazole rings is 1. The Balaban J connectivity index is 1.68. The van der Waals surface area contributed by atoms with Crippen molar-refractivity contribution in [3.63, 3.8) is 0 Å². The van der Waals surface area contributed by atoms with Gasteiger partial charge in [-0.05, 0) is 35.7 Å². The lowest BCUT2D eigenvalue weighted by molar-refractivity contribution is 0.0696. The minimum Gasteiger partial charge on any atom is -0.478 e. The fraction of sp³-hybridized carbons (Fsp3) is 0.174. The smallest absolute Gasteiger partial charge is 0.336 e. The first kappa shape index (κ1) is 19.1. The minimum atomic E-state index is -0.907. The van der Waals surface area contributed by atoms with Crippen LogP contribution in [0.3, 0.4) is 0 Å². The van der Waals surface area contributed by atoms with Crippen molar-refractivity contribution in [2.45, 2.75) is 13.5 Å². The summed E-state index contributed by atoms with van der Waals surface area (Å²) in [6, 6.07) is 9.55. The van der Waals surface area contributed by atoms with E-state index in [1.54, 1.807) is 22.7 Å². The molecule has 0 amide bonds. The highest BCUT2D eigenvalue weighted by atomic mass is 32.1. The van der Waals surface area contributed by atoms with Gasteiger partial charge in [-0.25, -0.2) is 14.8 Å². The van der Waals surface area contributed by atoms with Crippen molar-refractivity contribution in [2.75, 3.05) is 13.1 Å². The number of aromatic nitrogens is 2. The average Bonchev–Trinajstić information content (AvgIpc) is 3.43. The van der Waals surface area contributed by atoms with E-state index in [0.29, 0.717) is 23.0 Å². The number of likely N-dealkylation sites (N-methyl/N-ethyl adjacent to an activating group) is 1. The monoisotopic (exact) mass is 433 g/mol. The number of hydrogen-bond donors (Lipinski definition) is 1. The fourth-order valence-electron chi connectivity index (χ4n) is 3.90. The highest BCUT2D eigenvalue weighted by Gasteiger charge is 2.28. The van der Waals surface area contributed by atoms with Gasteiger partial charge in [-0.2, -0.15) is 11.3 Å². The molecule has 0 radical (unpaired) electrons. The number of aromatic carboxylic acids is 1. The molecule has 0 atom stereocenters. The van der Waals surface area contributed by atoms with Crippen LogP contribution >= 0.6 is 22.7 Å². The van der Waals surface area contributed by atoms with E-state index in [1.165, 1.54) is 0 Å². The van der Waals surface area contributed by atoms with Crippen molar-refractivity contribution in [3.05, 3.63) is 69.0 Å². The molecule has 0 fully saturated rings. The van der Waals surface area contributed by atoms with Gasteiger partial charge in [-0.15, -0.1) is 11.3 Å². The number of hydrogen-bond acceptors (Lipinski definition) is 6. The van der Waals surface area contributed by atoms with Crippen LogP contribution in [0.2, 0.25) is 0 Å². The third-order valence-electron chi connectivity index (χ3n) is 5.35. The van der Waals surface area contributed by atoms with Crippen molar-refractivity contribution in [1.82, 2.24) is 14.9 Å². The zero-order valence-electron chi connectivity index (χ0n) is 16.3. The van der Waals surface area contributed by atoms with Gasteiger partial charge in [-0.1, -0.05) is 25.1 Å². The van der Waals surface area contributed by atoms with Crippen LogP contribution < -0.4 is 0 Å². The Hall–Kier alpha value is -2.87. The van der Waals surface area contributed by atoms with Crippen molar-refractivity contribution in [2.24, 2.45) is 0 Å². The molecule has 0 saturated carbocycles. The van der Waals surface area contributed by atoms with Crippen molar-refractivity contribution in [1.29, 1.82) is 0 Å². The summed E-state index contributed by atoms with van der Waals surface area (Å²) in [7, 11) is 0. The Kier molecular flexibility index (Phi) is 4.94. The van der Waals surface area contributed by atoms with E-state index in [9.17, 15) is 9.90 Å². The molecule has 5 rings (SSSR count). The van der Waals surface area contributed by atoms with Crippen LogP contribution in [0.1, 0.15) is 34.2 Å². The number of carboxylic acids is 1. The third kappa shape index (κ3) is 3.35. The van der Waals surface area contributed by atoms with E-state index in [1.807, 2.05) is 35.0 Å². The van der Waals surface area contributed by atoms with Gasteiger partial charge in [0.1, 0.15) is 5.01 Å². The van der Waals surface area contributed by atoms with Gasteiger partial charge in [0.25, 0.3) is 0 Å². The van der Waals surface area contributed by atoms with E-state index in [-0.39, 0.29) is 0 Å². The largest absolute Gasteiger partial charge is 0.478 e. The number of nitrogens with zero attached hydrogens (tertiary/aromatic N) is 3. The molecule has 7 heteroatoms. The molecule has 4 aromatic rings. The summed E-state index contributed by atoms with van der Waals surface area (Å²) < 4.78 is 0. The summed E-state index contributed by atoms with van der Waals surface area (Å²) in [5, 5.41) is 17.9. The number of thiophene rings is 1. The van der Waals surface area contributed by atoms with Crippen molar-refractivity contribution >= 4 is 51.2 Å². The molecule has 30 heavy (non-hydrogen) atoms. The maximum atomic E-state index is 12.2. The van der Waals surface area contributed by atoms with Gasteiger partial charge in [0.2, 0.25) is 0 Å². The molecule has 0 unspecified atom stereocenters. The maximum absolute atomic E-state index is 12.2. The quantitative estimate of drug-likeness (QED) is 0.461. The Morgan fingerprint density at radius 3 is 2.83 bits per heavy atom. The first-order valence-corrected chi connectivity index (χ1v) is 11.5. The third-order valence-corrected chi connectivity index (χ3v) is 6.94. The van der Waals surface area contributed by atoms with Crippen LogP contribution in [-0.2, 0) is 6.54 Å². The van der Waals surface area contributed by atoms with E-state index >= 15 is 0 Å². The van der Waals surface area contributed by atoms with Crippen molar-refractivity contribution < 1.29 is 9.90 Å². The molecule has 1 aliphatic rings. The molecule has 0 bridgehead atoms. The second kappa shape index (κ2) is 7.75. The number of fused-ring (bicyclic) bond motifs is 2. The van der Waals surface area contributed by atoms with Crippen molar-refractivity contribution in [3.8, 4) is 10.6 Å². The van der Waals surface area contributed by atoms with Gasteiger partial charge >= 0.3 is 5.97 Å². The number of carboxylic acid groups (broad SMARTS) is 1. The van der Waals surface area contributed by atoms with Crippen LogP contribution in [0.5, 0.6) is 0 Å². The molecule has 1 N–H and O–H groups in total. The molecular formula is C23H19N3O2S2. The Labute approximate surface area is 182 Å². The second-order valence-corrected chi connectivity index (χ2v) is 8.84. The lowest BCUT2D eigenvalue weighted by atomic mass is 9.92. The summed E-state index contributed by atoms with van der Waals surface area (Å²) >= 11 is 3.27. The molecule has 3 aromatic heterocycles. The Bertz CT molecular complexity index is 1280. The van der Waals surface area contributed by atoms with Gasteiger partial charge in [0.15, 0.2) is 0 Å².